The SMILES string of the molecule is CCCCc1ccc(NC(=O)c2ccc(Cl)c(S(=O)(=O)Nc3cc(C)cc(C)c3)c2)cc1. The molecule has 0 radical (unpaired) electrons. The molecule has 0 aliphatic rings. The summed E-state index contributed by atoms with van der Waals surface area (Å²) in [5.74, 6) is -0.411. The summed E-state index contributed by atoms with van der Waals surface area (Å²) >= 11 is 6.18. The van der Waals surface area contributed by atoms with Gasteiger partial charge in [0, 0.05) is 16.9 Å². The Hall–Kier alpha value is -2.83. The first-order valence-electron chi connectivity index (χ1n) is 10.5. The second-order valence-corrected chi connectivity index (χ2v) is 9.94. The van der Waals surface area contributed by atoms with Crippen molar-refractivity contribution in [3.05, 3.63) is 87.9 Å². The summed E-state index contributed by atoms with van der Waals surface area (Å²) < 4.78 is 28.5. The largest absolute Gasteiger partial charge is 0.322 e. The van der Waals surface area contributed by atoms with E-state index in [-0.39, 0.29) is 15.5 Å². The van der Waals surface area contributed by atoms with E-state index in [1.54, 1.807) is 12.1 Å². The van der Waals surface area contributed by atoms with E-state index >= 15 is 0 Å². The molecule has 0 aromatic heterocycles. The summed E-state index contributed by atoms with van der Waals surface area (Å²) in [4.78, 5) is 12.6. The molecule has 3 aromatic rings. The molecule has 0 bridgehead atoms. The molecule has 0 aliphatic carbocycles. The first-order valence-corrected chi connectivity index (χ1v) is 12.3. The van der Waals surface area contributed by atoms with Crippen LogP contribution in [0.4, 0.5) is 11.4 Å². The lowest BCUT2D eigenvalue weighted by molar-refractivity contribution is 0.102. The first kappa shape index (κ1) is 23.8. The maximum Gasteiger partial charge on any atom is 0.263 e. The lowest BCUT2D eigenvalue weighted by Crippen LogP contribution is -2.16. The van der Waals surface area contributed by atoms with E-state index in [1.807, 2.05) is 44.2 Å². The Morgan fingerprint density at radius 1 is 0.906 bits per heavy atom. The number of carbonyl (C=O) groups excluding carboxylic acids is 1. The zero-order valence-corrected chi connectivity index (χ0v) is 20.0. The molecule has 0 saturated carbocycles. The Morgan fingerprint density at radius 2 is 1.56 bits per heavy atom. The van der Waals surface area contributed by atoms with Crippen LogP contribution in [0, 0.1) is 13.8 Å². The van der Waals surface area contributed by atoms with Gasteiger partial charge < -0.3 is 5.32 Å². The van der Waals surface area contributed by atoms with E-state index < -0.39 is 15.9 Å². The predicted octanol–water partition coefficient (Wildman–Crippen LogP) is 6.35. The molecule has 5 nitrogen and oxygen atoms in total. The fraction of sp³-hybridized carbons (Fsp3) is 0.240. The quantitative estimate of drug-likeness (QED) is 0.402. The second-order valence-electron chi connectivity index (χ2n) is 7.88. The number of sulfonamides is 1. The Balaban J connectivity index is 1.80. The van der Waals surface area contributed by atoms with Crippen LogP contribution in [0.25, 0.3) is 0 Å². The van der Waals surface area contributed by atoms with Gasteiger partial charge in [-0.1, -0.05) is 43.1 Å². The highest BCUT2D eigenvalue weighted by Gasteiger charge is 2.21. The van der Waals surface area contributed by atoms with Gasteiger partial charge >= 0.3 is 0 Å². The zero-order valence-electron chi connectivity index (χ0n) is 18.4. The highest BCUT2D eigenvalue weighted by atomic mass is 35.5. The second kappa shape index (κ2) is 10.2. The minimum atomic E-state index is -3.98. The maximum atomic E-state index is 13.0. The molecule has 0 spiro atoms. The number of rotatable bonds is 8. The van der Waals surface area contributed by atoms with Crippen LogP contribution in [0.1, 0.15) is 46.8 Å². The molecule has 0 unspecified atom stereocenters. The number of hydrogen-bond acceptors (Lipinski definition) is 3. The number of hydrogen-bond donors (Lipinski definition) is 2. The minimum absolute atomic E-state index is 0.0405. The number of aryl methyl sites for hydroxylation is 3. The Bertz CT molecular complexity index is 1200. The van der Waals surface area contributed by atoms with Gasteiger partial charge in [0.05, 0.1) is 5.02 Å². The van der Waals surface area contributed by atoms with Crippen LogP contribution in [-0.4, -0.2) is 14.3 Å². The smallest absolute Gasteiger partial charge is 0.263 e. The van der Waals surface area contributed by atoms with Crippen LogP contribution in [0.2, 0.25) is 5.02 Å². The van der Waals surface area contributed by atoms with E-state index in [4.69, 9.17) is 11.6 Å². The van der Waals surface area contributed by atoms with Crippen molar-refractivity contribution in [2.24, 2.45) is 0 Å². The number of unbranched alkanes of at least 4 members (excludes halogenated alkanes) is 1. The van der Waals surface area contributed by atoms with Crippen LogP contribution in [-0.2, 0) is 16.4 Å². The van der Waals surface area contributed by atoms with Crippen LogP contribution in [0.3, 0.4) is 0 Å². The van der Waals surface area contributed by atoms with Gasteiger partial charge in [0.25, 0.3) is 15.9 Å². The van der Waals surface area contributed by atoms with Crippen molar-refractivity contribution >= 4 is 38.9 Å². The molecule has 168 valence electrons. The normalized spacial score (nSPS) is 11.2. The molecule has 32 heavy (non-hydrogen) atoms. The van der Waals surface area contributed by atoms with Gasteiger partial charge in [-0.2, -0.15) is 0 Å². The number of nitrogens with one attached hydrogen (secondary N) is 2. The van der Waals surface area contributed by atoms with Gasteiger partial charge in [-0.3, -0.25) is 9.52 Å². The summed E-state index contributed by atoms with van der Waals surface area (Å²) in [5.41, 5.74) is 4.36. The number of carbonyl (C=O) groups is 1. The molecule has 3 rings (SSSR count). The van der Waals surface area contributed by atoms with Crippen molar-refractivity contribution in [3.63, 3.8) is 0 Å². The summed E-state index contributed by atoms with van der Waals surface area (Å²) in [6.45, 7) is 5.92. The molecule has 0 fully saturated rings. The highest BCUT2D eigenvalue weighted by molar-refractivity contribution is 7.92. The van der Waals surface area contributed by atoms with Crippen molar-refractivity contribution in [3.8, 4) is 0 Å². The summed E-state index contributed by atoms with van der Waals surface area (Å²) in [5, 5.41) is 2.85. The number of benzene rings is 3. The van der Waals surface area contributed by atoms with Gasteiger partial charge in [0.2, 0.25) is 0 Å². The lowest BCUT2D eigenvalue weighted by Gasteiger charge is -2.12. The zero-order chi connectivity index (χ0) is 23.3. The van der Waals surface area contributed by atoms with Crippen molar-refractivity contribution in [2.45, 2.75) is 44.9 Å². The topological polar surface area (TPSA) is 75.3 Å². The molecular formula is C25H27ClN2O3S. The van der Waals surface area contributed by atoms with E-state index in [0.717, 1.165) is 30.4 Å². The van der Waals surface area contributed by atoms with E-state index in [9.17, 15) is 13.2 Å². The van der Waals surface area contributed by atoms with Gasteiger partial charge in [0.1, 0.15) is 4.90 Å². The number of anilines is 2. The summed E-state index contributed by atoms with van der Waals surface area (Å²) in [7, 11) is -3.98. The Morgan fingerprint density at radius 3 is 2.19 bits per heavy atom. The average molecular weight is 471 g/mol. The van der Waals surface area contributed by atoms with Crippen molar-refractivity contribution in [1.82, 2.24) is 0 Å². The van der Waals surface area contributed by atoms with Gasteiger partial charge in [0.15, 0.2) is 0 Å². The minimum Gasteiger partial charge on any atom is -0.322 e. The lowest BCUT2D eigenvalue weighted by atomic mass is 10.1. The number of halogens is 1. The standard InChI is InChI=1S/C25H27ClN2O3S/c1-4-5-6-19-7-10-21(11-8-19)27-25(29)20-9-12-23(26)24(16-20)32(30,31)28-22-14-17(2)13-18(3)15-22/h7-16,28H,4-6H2,1-3H3,(H,27,29). The van der Waals surface area contributed by atoms with Gasteiger partial charge in [-0.15, -0.1) is 0 Å². The first-order chi connectivity index (χ1) is 15.2. The third-order valence-corrected chi connectivity index (χ3v) is 6.85. The van der Waals surface area contributed by atoms with Crippen LogP contribution >= 0.6 is 11.6 Å². The number of amides is 1. The van der Waals surface area contributed by atoms with E-state index in [1.165, 1.54) is 23.8 Å². The van der Waals surface area contributed by atoms with Crippen molar-refractivity contribution in [1.29, 1.82) is 0 Å². The molecule has 7 heteroatoms. The Kier molecular flexibility index (Phi) is 7.59. The van der Waals surface area contributed by atoms with E-state index in [0.29, 0.717) is 11.4 Å². The molecule has 0 heterocycles. The summed E-state index contributed by atoms with van der Waals surface area (Å²) in [6, 6.07) is 17.3. The van der Waals surface area contributed by atoms with Crippen LogP contribution < -0.4 is 10.0 Å². The van der Waals surface area contributed by atoms with Crippen LogP contribution in [0.15, 0.2) is 65.6 Å². The predicted molar refractivity (Wildman–Crippen MR) is 131 cm³/mol. The fourth-order valence-electron chi connectivity index (χ4n) is 3.43. The monoisotopic (exact) mass is 470 g/mol. The van der Waals surface area contributed by atoms with Gasteiger partial charge in [-0.05, 0) is 85.8 Å². The van der Waals surface area contributed by atoms with Gasteiger partial charge in [-0.25, -0.2) is 8.42 Å². The molecule has 0 aliphatic heterocycles. The van der Waals surface area contributed by atoms with Crippen molar-refractivity contribution in [2.75, 3.05) is 10.0 Å². The molecule has 1 amide bonds. The van der Waals surface area contributed by atoms with Crippen molar-refractivity contribution < 1.29 is 13.2 Å². The summed E-state index contributed by atoms with van der Waals surface area (Å²) in [6.07, 6.45) is 3.24. The molecule has 2 N–H and O–H groups in total. The average Bonchev–Trinajstić information content (AvgIpc) is 2.72. The molecule has 0 atom stereocenters. The molecular weight excluding hydrogens is 444 g/mol. The third kappa shape index (κ3) is 6.11. The maximum absolute atomic E-state index is 13.0. The third-order valence-electron chi connectivity index (χ3n) is 4.99. The van der Waals surface area contributed by atoms with Crippen LogP contribution in [0.5, 0.6) is 0 Å². The Labute approximate surface area is 194 Å². The fourth-order valence-corrected chi connectivity index (χ4v) is 5.00. The molecule has 0 saturated heterocycles. The molecule has 3 aromatic carbocycles. The van der Waals surface area contributed by atoms with E-state index in [2.05, 4.69) is 17.0 Å². The highest BCUT2D eigenvalue weighted by Crippen LogP contribution is 2.26.